The lowest BCUT2D eigenvalue weighted by atomic mass is 10.2. The molecule has 0 aliphatic carbocycles. The molecule has 0 spiro atoms. The topological polar surface area (TPSA) is 59.4 Å². The summed E-state index contributed by atoms with van der Waals surface area (Å²) in [5.41, 5.74) is 0.880. The molecular weight excluding hydrogens is 194 g/mol. The van der Waals surface area contributed by atoms with Gasteiger partial charge >= 0.3 is 5.97 Å². The summed E-state index contributed by atoms with van der Waals surface area (Å²) in [6, 6.07) is 3.66. The number of methoxy groups -OCH3 is 1. The van der Waals surface area contributed by atoms with Crippen LogP contribution in [-0.4, -0.2) is 23.2 Å². The zero-order valence-corrected chi connectivity index (χ0v) is 8.25. The van der Waals surface area contributed by atoms with E-state index in [9.17, 15) is 4.79 Å². The van der Waals surface area contributed by atoms with Crippen molar-refractivity contribution in [2.24, 2.45) is 0 Å². The van der Waals surface area contributed by atoms with E-state index in [1.165, 1.54) is 7.11 Å². The lowest BCUT2D eigenvalue weighted by Gasteiger charge is -1.97. The van der Waals surface area contributed by atoms with Crippen LogP contribution in [0.3, 0.4) is 0 Å². The normalized spacial score (nSPS) is 11.7. The van der Waals surface area contributed by atoms with Crippen LogP contribution in [0.1, 0.15) is 5.56 Å². The van der Waals surface area contributed by atoms with Crippen molar-refractivity contribution in [2.75, 3.05) is 7.11 Å². The van der Waals surface area contributed by atoms with Crippen molar-refractivity contribution in [3.63, 3.8) is 0 Å². The number of hydrogen-bond acceptors (Lipinski definition) is 3. The number of carbonyl (C=O) groups is 1. The molecule has 0 bridgehead atoms. The molecule has 1 heterocycles. The maximum Gasteiger partial charge on any atom is 0.332 e. The molecule has 0 aliphatic heterocycles. The minimum Gasteiger partial charge on any atom is -0.496 e. The molecular formula is C11H11NO3. The zero-order chi connectivity index (χ0) is 11.1. The Kier molecular flexibility index (Phi) is 4.09. The molecule has 1 N–H and O–H groups in total. The van der Waals surface area contributed by atoms with E-state index < -0.39 is 5.97 Å². The van der Waals surface area contributed by atoms with E-state index in [1.807, 2.05) is 6.07 Å². The molecule has 1 aromatic heterocycles. The summed E-state index contributed by atoms with van der Waals surface area (Å²) in [5.74, 6) is -0.756. The van der Waals surface area contributed by atoms with Gasteiger partial charge < -0.3 is 9.84 Å². The van der Waals surface area contributed by atoms with Gasteiger partial charge in [0, 0.05) is 12.4 Å². The number of carboxylic acid groups (broad SMARTS) is 1. The monoisotopic (exact) mass is 205 g/mol. The molecule has 0 saturated heterocycles. The van der Waals surface area contributed by atoms with Crippen molar-refractivity contribution in [1.82, 2.24) is 4.98 Å². The Labute approximate surface area is 87.5 Å². The van der Waals surface area contributed by atoms with Crippen LogP contribution >= 0.6 is 0 Å². The highest BCUT2D eigenvalue weighted by Crippen LogP contribution is 2.04. The van der Waals surface area contributed by atoms with Crippen LogP contribution in [0.25, 0.3) is 6.08 Å². The summed E-state index contributed by atoms with van der Waals surface area (Å²) in [4.78, 5) is 14.3. The van der Waals surface area contributed by atoms with Gasteiger partial charge in [-0.1, -0.05) is 6.07 Å². The summed E-state index contributed by atoms with van der Waals surface area (Å²) >= 11 is 0. The predicted octanol–water partition coefficient (Wildman–Crippen LogP) is 1.71. The lowest BCUT2D eigenvalue weighted by Crippen LogP contribution is -1.92. The smallest absolute Gasteiger partial charge is 0.332 e. The first-order chi connectivity index (χ1) is 7.22. The maximum atomic E-state index is 10.4. The molecule has 0 aromatic carbocycles. The summed E-state index contributed by atoms with van der Waals surface area (Å²) in [5, 5.41) is 8.51. The number of allylic oxidation sites excluding steroid dienone is 1. The standard InChI is InChI=1S/C11H11NO3/c1-15-10(7-11(13)14)5-4-9-3-2-6-12-8-9/h2-8H,1H3,(H,13,14)/b5-4+,10-7+. The molecule has 4 heteroatoms. The van der Waals surface area contributed by atoms with Gasteiger partial charge in [-0.2, -0.15) is 0 Å². The number of pyridine rings is 1. The van der Waals surface area contributed by atoms with E-state index >= 15 is 0 Å². The Hall–Kier alpha value is -2.10. The van der Waals surface area contributed by atoms with E-state index in [4.69, 9.17) is 9.84 Å². The molecule has 0 amide bonds. The van der Waals surface area contributed by atoms with Crippen LogP contribution in [-0.2, 0) is 9.53 Å². The number of carboxylic acids is 1. The third-order valence-corrected chi connectivity index (χ3v) is 1.63. The Morgan fingerprint density at radius 3 is 2.93 bits per heavy atom. The van der Waals surface area contributed by atoms with E-state index in [-0.39, 0.29) is 5.76 Å². The molecule has 0 fully saturated rings. The van der Waals surface area contributed by atoms with Gasteiger partial charge in [-0.05, 0) is 23.8 Å². The van der Waals surface area contributed by atoms with Gasteiger partial charge in [0.05, 0.1) is 13.2 Å². The highest BCUT2D eigenvalue weighted by atomic mass is 16.5. The number of nitrogens with zero attached hydrogens (tertiary/aromatic N) is 1. The molecule has 0 radical (unpaired) electrons. The van der Waals surface area contributed by atoms with Gasteiger partial charge in [0.25, 0.3) is 0 Å². The molecule has 0 saturated carbocycles. The Morgan fingerprint density at radius 1 is 1.60 bits per heavy atom. The van der Waals surface area contributed by atoms with Crippen LogP contribution in [0.15, 0.2) is 42.4 Å². The van der Waals surface area contributed by atoms with Crippen molar-refractivity contribution >= 4 is 12.0 Å². The third-order valence-electron chi connectivity index (χ3n) is 1.63. The fourth-order valence-electron chi connectivity index (χ4n) is 0.950. The second kappa shape index (κ2) is 5.59. The zero-order valence-electron chi connectivity index (χ0n) is 8.25. The van der Waals surface area contributed by atoms with Gasteiger partial charge in [0.2, 0.25) is 0 Å². The first kappa shape index (κ1) is 11.0. The number of ether oxygens (including phenoxy) is 1. The van der Waals surface area contributed by atoms with Crippen molar-refractivity contribution in [3.05, 3.63) is 48.0 Å². The first-order valence-corrected chi connectivity index (χ1v) is 4.29. The first-order valence-electron chi connectivity index (χ1n) is 4.29. The fraction of sp³-hybridized carbons (Fsp3) is 0.0909. The minimum atomic E-state index is -1.04. The van der Waals surface area contributed by atoms with Crippen molar-refractivity contribution in [2.45, 2.75) is 0 Å². The van der Waals surface area contributed by atoms with Crippen LogP contribution in [0, 0.1) is 0 Å². The van der Waals surface area contributed by atoms with Crippen molar-refractivity contribution < 1.29 is 14.6 Å². The number of hydrogen-bond donors (Lipinski definition) is 1. The van der Waals surface area contributed by atoms with Gasteiger partial charge in [-0.3, -0.25) is 4.98 Å². The predicted molar refractivity (Wildman–Crippen MR) is 56.0 cm³/mol. The average molecular weight is 205 g/mol. The van der Waals surface area contributed by atoms with E-state index in [0.29, 0.717) is 0 Å². The second-order valence-corrected chi connectivity index (χ2v) is 2.71. The van der Waals surface area contributed by atoms with Gasteiger partial charge in [-0.15, -0.1) is 0 Å². The molecule has 0 aliphatic rings. The average Bonchev–Trinajstić information content (AvgIpc) is 2.25. The van der Waals surface area contributed by atoms with Crippen LogP contribution in [0.2, 0.25) is 0 Å². The maximum absolute atomic E-state index is 10.4. The molecule has 0 unspecified atom stereocenters. The molecule has 1 rings (SSSR count). The Balaban J connectivity index is 2.76. The highest BCUT2D eigenvalue weighted by molar-refractivity contribution is 5.81. The molecule has 4 nitrogen and oxygen atoms in total. The fourth-order valence-corrected chi connectivity index (χ4v) is 0.950. The summed E-state index contributed by atoms with van der Waals surface area (Å²) in [7, 11) is 1.42. The quantitative estimate of drug-likeness (QED) is 0.462. The summed E-state index contributed by atoms with van der Waals surface area (Å²) < 4.78 is 4.86. The number of aliphatic carboxylic acids is 1. The SMILES string of the molecule is COC(/C=C/c1cccnc1)=C/C(=O)O. The summed E-state index contributed by atoms with van der Waals surface area (Å²) in [6.45, 7) is 0. The minimum absolute atomic E-state index is 0.284. The van der Waals surface area contributed by atoms with Gasteiger partial charge in [0.15, 0.2) is 0 Å². The van der Waals surface area contributed by atoms with Crippen molar-refractivity contribution in [3.8, 4) is 0 Å². The summed E-state index contributed by atoms with van der Waals surface area (Å²) in [6.07, 6.45) is 7.63. The Morgan fingerprint density at radius 2 is 2.40 bits per heavy atom. The molecule has 1 aromatic rings. The third kappa shape index (κ3) is 4.08. The highest BCUT2D eigenvalue weighted by Gasteiger charge is 1.94. The molecule has 15 heavy (non-hydrogen) atoms. The van der Waals surface area contributed by atoms with E-state index in [0.717, 1.165) is 11.6 Å². The molecule has 0 atom stereocenters. The Bertz CT molecular complexity index is 382. The van der Waals surface area contributed by atoms with E-state index in [1.54, 1.807) is 30.6 Å². The van der Waals surface area contributed by atoms with Crippen LogP contribution in [0.5, 0.6) is 0 Å². The van der Waals surface area contributed by atoms with Crippen molar-refractivity contribution in [1.29, 1.82) is 0 Å². The lowest BCUT2D eigenvalue weighted by molar-refractivity contribution is -0.131. The van der Waals surface area contributed by atoms with Crippen LogP contribution in [0.4, 0.5) is 0 Å². The second-order valence-electron chi connectivity index (χ2n) is 2.71. The number of rotatable bonds is 4. The number of aromatic nitrogens is 1. The van der Waals surface area contributed by atoms with Crippen LogP contribution < -0.4 is 0 Å². The van der Waals surface area contributed by atoms with Gasteiger partial charge in [0.1, 0.15) is 5.76 Å². The van der Waals surface area contributed by atoms with E-state index in [2.05, 4.69) is 4.98 Å². The largest absolute Gasteiger partial charge is 0.496 e. The molecule has 78 valence electrons. The van der Waals surface area contributed by atoms with Gasteiger partial charge in [-0.25, -0.2) is 4.79 Å².